The van der Waals surface area contributed by atoms with Crippen molar-refractivity contribution in [3.8, 4) is 5.75 Å². The van der Waals surface area contributed by atoms with Gasteiger partial charge in [-0.25, -0.2) is 8.42 Å². The first-order valence-electron chi connectivity index (χ1n) is 6.50. The molecule has 0 saturated carbocycles. The van der Waals surface area contributed by atoms with Crippen molar-refractivity contribution in [2.75, 3.05) is 27.2 Å². The third-order valence-electron chi connectivity index (χ3n) is 3.55. The Kier molecular flexibility index (Phi) is 6.93. The van der Waals surface area contributed by atoms with Crippen molar-refractivity contribution < 1.29 is 13.2 Å². The highest BCUT2D eigenvalue weighted by atomic mass is 79.9. The van der Waals surface area contributed by atoms with Gasteiger partial charge in [-0.15, -0.1) is 12.4 Å². The number of hydrogen-bond donors (Lipinski definition) is 1. The summed E-state index contributed by atoms with van der Waals surface area (Å²) in [5, 5.41) is 3.15. The second-order valence-electron chi connectivity index (χ2n) is 4.79. The van der Waals surface area contributed by atoms with Gasteiger partial charge in [0.05, 0.1) is 12.0 Å². The van der Waals surface area contributed by atoms with Gasteiger partial charge < -0.3 is 10.1 Å². The van der Waals surface area contributed by atoms with Crippen LogP contribution in [0.2, 0.25) is 0 Å². The molecule has 120 valence electrons. The normalized spacial score (nSPS) is 19.9. The third kappa shape index (κ3) is 4.10. The van der Waals surface area contributed by atoms with Crippen molar-refractivity contribution in [3.63, 3.8) is 0 Å². The average molecular weight is 400 g/mol. The van der Waals surface area contributed by atoms with Gasteiger partial charge >= 0.3 is 0 Å². The summed E-state index contributed by atoms with van der Waals surface area (Å²) in [6, 6.07) is 5.14. The number of piperidine rings is 1. The van der Waals surface area contributed by atoms with Crippen LogP contribution in [0.5, 0.6) is 5.75 Å². The van der Waals surface area contributed by atoms with E-state index in [0.29, 0.717) is 23.3 Å². The van der Waals surface area contributed by atoms with E-state index in [4.69, 9.17) is 4.74 Å². The van der Waals surface area contributed by atoms with Crippen LogP contribution >= 0.6 is 28.3 Å². The van der Waals surface area contributed by atoms with Crippen LogP contribution in [-0.4, -0.2) is 46.0 Å². The smallest absolute Gasteiger partial charge is 0.244 e. The van der Waals surface area contributed by atoms with E-state index in [1.807, 2.05) is 7.05 Å². The van der Waals surface area contributed by atoms with Crippen LogP contribution in [0.25, 0.3) is 0 Å². The predicted octanol–water partition coefficient (Wildman–Crippen LogP) is 2.25. The van der Waals surface area contributed by atoms with Crippen LogP contribution in [0, 0.1) is 0 Å². The standard InChI is InChI=1S/C13H19BrN2O3S.ClH/c1-15-10-4-3-7-16(9-10)20(17,18)13-6-5-11(19-2)8-12(13)14;/h5-6,8,10,15H,3-4,7,9H2,1-2H3;1H. The number of nitrogens with zero attached hydrogens (tertiary/aromatic N) is 1. The molecule has 8 heteroatoms. The summed E-state index contributed by atoms with van der Waals surface area (Å²) < 4.78 is 32.6. The zero-order valence-corrected chi connectivity index (χ0v) is 15.2. The molecule has 0 amide bonds. The molecule has 1 aromatic rings. The number of ether oxygens (including phenoxy) is 1. The highest BCUT2D eigenvalue weighted by molar-refractivity contribution is 9.10. The van der Waals surface area contributed by atoms with Crippen molar-refractivity contribution in [3.05, 3.63) is 22.7 Å². The van der Waals surface area contributed by atoms with Crippen LogP contribution in [0.3, 0.4) is 0 Å². The van der Waals surface area contributed by atoms with Gasteiger partial charge in [-0.1, -0.05) is 0 Å². The van der Waals surface area contributed by atoms with E-state index >= 15 is 0 Å². The fraction of sp³-hybridized carbons (Fsp3) is 0.538. The second-order valence-corrected chi connectivity index (χ2v) is 7.55. The van der Waals surface area contributed by atoms with Crippen molar-refractivity contribution >= 4 is 38.4 Å². The van der Waals surface area contributed by atoms with E-state index in [-0.39, 0.29) is 23.3 Å². The lowest BCUT2D eigenvalue weighted by Crippen LogP contribution is -2.46. The lowest BCUT2D eigenvalue weighted by molar-refractivity contribution is 0.292. The largest absolute Gasteiger partial charge is 0.497 e. The highest BCUT2D eigenvalue weighted by Gasteiger charge is 2.31. The molecular weight excluding hydrogens is 380 g/mol. The summed E-state index contributed by atoms with van der Waals surface area (Å²) in [4.78, 5) is 0.287. The Bertz CT molecular complexity index is 583. The molecule has 1 saturated heterocycles. The third-order valence-corrected chi connectivity index (χ3v) is 6.39. The summed E-state index contributed by atoms with van der Waals surface area (Å²) in [5.74, 6) is 0.627. The number of halogens is 2. The second kappa shape index (κ2) is 7.78. The number of hydrogen-bond acceptors (Lipinski definition) is 4. The van der Waals surface area contributed by atoms with E-state index in [9.17, 15) is 8.42 Å². The lowest BCUT2D eigenvalue weighted by Gasteiger charge is -2.31. The Labute approximate surface area is 140 Å². The molecule has 1 unspecified atom stereocenters. The molecule has 5 nitrogen and oxygen atoms in total. The van der Waals surface area contributed by atoms with Gasteiger partial charge in [0.1, 0.15) is 5.75 Å². The van der Waals surface area contributed by atoms with Gasteiger partial charge in [0, 0.05) is 23.6 Å². The maximum atomic E-state index is 12.7. The minimum Gasteiger partial charge on any atom is -0.497 e. The quantitative estimate of drug-likeness (QED) is 0.843. The zero-order valence-electron chi connectivity index (χ0n) is 12.0. The molecular formula is C13H20BrClN2O3S. The summed E-state index contributed by atoms with van der Waals surface area (Å²) in [5.41, 5.74) is 0. The van der Waals surface area contributed by atoms with Gasteiger partial charge in [-0.05, 0) is 54.0 Å². The molecule has 0 aliphatic carbocycles. The molecule has 1 aromatic carbocycles. The Morgan fingerprint density at radius 2 is 2.14 bits per heavy atom. The van der Waals surface area contributed by atoms with E-state index in [0.717, 1.165) is 12.8 Å². The van der Waals surface area contributed by atoms with Gasteiger partial charge in [-0.2, -0.15) is 4.31 Å². The van der Waals surface area contributed by atoms with Crippen LogP contribution in [0.1, 0.15) is 12.8 Å². The first kappa shape index (κ1) is 18.7. The predicted molar refractivity (Wildman–Crippen MR) is 88.8 cm³/mol. The maximum absolute atomic E-state index is 12.7. The van der Waals surface area contributed by atoms with Gasteiger partial charge in [0.15, 0.2) is 0 Å². The topological polar surface area (TPSA) is 58.6 Å². The number of sulfonamides is 1. The molecule has 0 bridgehead atoms. The summed E-state index contributed by atoms with van der Waals surface area (Å²) in [7, 11) is -0.0510. The lowest BCUT2D eigenvalue weighted by atomic mass is 10.1. The summed E-state index contributed by atoms with van der Waals surface area (Å²) in [6.45, 7) is 1.08. The van der Waals surface area contributed by atoms with Crippen LogP contribution < -0.4 is 10.1 Å². The number of methoxy groups -OCH3 is 1. The molecule has 1 aliphatic heterocycles. The zero-order chi connectivity index (χ0) is 14.8. The van der Waals surface area contributed by atoms with Crippen molar-refractivity contribution in [1.29, 1.82) is 0 Å². The Morgan fingerprint density at radius 3 is 2.71 bits per heavy atom. The molecule has 1 heterocycles. The number of benzene rings is 1. The Hall–Kier alpha value is -0.340. The first-order chi connectivity index (χ1) is 9.48. The minimum atomic E-state index is -3.47. The molecule has 21 heavy (non-hydrogen) atoms. The highest BCUT2D eigenvalue weighted by Crippen LogP contribution is 2.30. The molecule has 2 rings (SSSR count). The van der Waals surface area contributed by atoms with Crippen molar-refractivity contribution in [2.45, 2.75) is 23.8 Å². The van der Waals surface area contributed by atoms with Gasteiger partial charge in [0.2, 0.25) is 10.0 Å². The molecule has 0 spiro atoms. The number of nitrogens with one attached hydrogen (secondary N) is 1. The van der Waals surface area contributed by atoms with Gasteiger partial charge in [-0.3, -0.25) is 0 Å². The molecule has 1 fully saturated rings. The Balaban J connectivity index is 0.00000220. The molecule has 1 aliphatic rings. The van der Waals surface area contributed by atoms with Crippen molar-refractivity contribution in [1.82, 2.24) is 9.62 Å². The van der Waals surface area contributed by atoms with E-state index in [1.165, 1.54) is 0 Å². The van der Waals surface area contributed by atoms with E-state index in [1.54, 1.807) is 29.6 Å². The monoisotopic (exact) mass is 398 g/mol. The van der Waals surface area contributed by atoms with E-state index < -0.39 is 10.0 Å². The van der Waals surface area contributed by atoms with Gasteiger partial charge in [0.25, 0.3) is 0 Å². The molecule has 1 N–H and O–H groups in total. The summed E-state index contributed by atoms with van der Waals surface area (Å²) >= 11 is 3.32. The fourth-order valence-corrected chi connectivity index (χ4v) is 4.89. The SMILES string of the molecule is CNC1CCCN(S(=O)(=O)c2ccc(OC)cc2Br)C1.Cl. The minimum absolute atomic E-state index is 0. The van der Waals surface area contributed by atoms with Crippen molar-refractivity contribution in [2.24, 2.45) is 0 Å². The number of rotatable bonds is 4. The van der Waals surface area contributed by atoms with Crippen LogP contribution in [0.4, 0.5) is 0 Å². The maximum Gasteiger partial charge on any atom is 0.244 e. The molecule has 1 atom stereocenters. The summed E-state index contributed by atoms with van der Waals surface area (Å²) in [6.07, 6.45) is 1.88. The molecule has 0 radical (unpaired) electrons. The van der Waals surface area contributed by atoms with Crippen LogP contribution in [-0.2, 0) is 10.0 Å². The Morgan fingerprint density at radius 1 is 1.43 bits per heavy atom. The average Bonchev–Trinajstić information content (AvgIpc) is 2.46. The van der Waals surface area contributed by atoms with E-state index in [2.05, 4.69) is 21.2 Å². The first-order valence-corrected chi connectivity index (χ1v) is 8.73. The molecule has 0 aromatic heterocycles. The van der Waals surface area contributed by atoms with Crippen LogP contribution in [0.15, 0.2) is 27.6 Å². The fourth-order valence-electron chi connectivity index (χ4n) is 2.35. The number of likely N-dealkylation sites (N-methyl/N-ethyl adjacent to an activating group) is 1.